The summed E-state index contributed by atoms with van der Waals surface area (Å²) >= 11 is 0. The number of unbranched alkanes of at least 4 members (excludes halogenated alkanes) is 1. The van der Waals surface area contributed by atoms with E-state index in [4.69, 9.17) is 5.11 Å². The zero-order chi connectivity index (χ0) is 13.9. The Morgan fingerprint density at radius 3 is 2.25 bits per heavy atom. The van der Waals surface area contributed by atoms with E-state index in [1.165, 1.54) is 31.3 Å². The third-order valence-electron chi connectivity index (χ3n) is 3.27. The molecule has 1 aliphatic carbocycles. The van der Waals surface area contributed by atoms with Crippen LogP contribution in [0.4, 0.5) is 5.69 Å². The molecule has 2 nitrogen and oxygen atoms in total. The number of aliphatic hydroxyl groups excluding tert-OH is 1. The van der Waals surface area contributed by atoms with E-state index in [1.54, 1.807) is 0 Å². The van der Waals surface area contributed by atoms with Gasteiger partial charge in [0.15, 0.2) is 0 Å². The van der Waals surface area contributed by atoms with Crippen LogP contribution >= 0.6 is 0 Å². The maximum absolute atomic E-state index is 9.06. The van der Waals surface area contributed by atoms with Gasteiger partial charge in [-0.2, -0.15) is 0 Å². The maximum atomic E-state index is 9.06. The molecular formula is C17H26MnNO-. The summed E-state index contributed by atoms with van der Waals surface area (Å²) in [6, 6.07) is 10.1. The number of hydrogen-bond acceptors (Lipinski definition) is 1. The van der Waals surface area contributed by atoms with Crippen molar-refractivity contribution >= 4 is 5.69 Å². The molecule has 0 aliphatic heterocycles. The smallest absolute Gasteiger partial charge is 0.0911 e. The molecule has 0 amide bonds. The van der Waals surface area contributed by atoms with E-state index in [-0.39, 0.29) is 17.1 Å². The first-order valence-corrected chi connectivity index (χ1v) is 7.34. The zero-order valence-corrected chi connectivity index (χ0v) is 13.8. The molecule has 1 aliphatic rings. The first-order valence-electron chi connectivity index (χ1n) is 7.34. The third-order valence-corrected chi connectivity index (χ3v) is 3.27. The van der Waals surface area contributed by atoms with E-state index >= 15 is 0 Å². The SMILES string of the molecule is CC1=C(O)CCCC1.CCCC[N-]c1ccccc1.[Mn]. The van der Waals surface area contributed by atoms with Gasteiger partial charge in [-0.1, -0.05) is 50.1 Å². The van der Waals surface area contributed by atoms with Crippen LogP contribution in [0.2, 0.25) is 0 Å². The van der Waals surface area contributed by atoms with Crippen molar-refractivity contribution in [2.24, 2.45) is 0 Å². The van der Waals surface area contributed by atoms with Crippen molar-refractivity contribution in [2.45, 2.75) is 52.4 Å². The molecule has 1 N–H and O–H groups in total. The van der Waals surface area contributed by atoms with Gasteiger partial charge in [0.05, 0.1) is 5.76 Å². The molecule has 2 rings (SSSR count). The van der Waals surface area contributed by atoms with Crippen LogP contribution in [0.3, 0.4) is 0 Å². The van der Waals surface area contributed by atoms with E-state index in [0.29, 0.717) is 5.76 Å². The number of para-hydroxylation sites is 1. The number of rotatable bonds is 4. The summed E-state index contributed by atoms with van der Waals surface area (Å²) < 4.78 is 0. The van der Waals surface area contributed by atoms with Crippen LogP contribution in [0.5, 0.6) is 0 Å². The van der Waals surface area contributed by atoms with E-state index in [0.717, 1.165) is 25.1 Å². The van der Waals surface area contributed by atoms with Crippen molar-refractivity contribution in [3.05, 3.63) is 47.0 Å². The van der Waals surface area contributed by atoms with Gasteiger partial charge in [-0.05, 0) is 31.8 Å². The zero-order valence-electron chi connectivity index (χ0n) is 12.6. The topological polar surface area (TPSA) is 34.3 Å². The van der Waals surface area contributed by atoms with Crippen LogP contribution in [-0.2, 0) is 17.1 Å². The van der Waals surface area contributed by atoms with Gasteiger partial charge in [0.1, 0.15) is 0 Å². The molecule has 113 valence electrons. The minimum absolute atomic E-state index is 0. The molecular weight excluding hydrogens is 289 g/mol. The summed E-state index contributed by atoms with van der Waals surface area (Å²) in [4.78, 5) is 0. The average Bonchev–Trinajstić information content (AvgIpc) is 2.44. The molecule has 3 heteroatoms. The summed E-state index contributed by atoms with van der Waals surface area (Å²) in [5.41, 5.74) is 2.29. The number of benzene rings is 1. The molecule has 1 aromatic rings. The first-order chi connectivity index (χ1) is 9.24. The average molecular weight is 315 g/mol. The summed E-state index contributed by atoms with van der Waals surface area (Å²) in [7, 11) is 0. The molecule has 0 aromatic heterocycles. The van der Waals surface area contributed by atoms with Gasteiger partial charge < -0.3 is 10.4 Å². The van der Waals surface area contributed by atoms with Crippen LogP contribution in [0.15, 0.2) is 41.7 Å². The van der Waals surface area contributed by atoms with E-state index in [9.17, 15) is 0 Å². The van der Waals surface area contributed by atoms with Gasteiger partial charge in [0.25, 0.3) is 0 Å². The molecule has 1 aromatic carbocycles. The Kier molecular flexibility index (Phi) is 11.3. The van der Waals surface area contributed by atoms with Gasteiger partial charge in [-0.25, -0.2) is 0 Å². The van der Waals surface area contributed by atoms with Crippen molar-refractivity contribution in [3.63, 3.8) is 0 Å². The molecule has 1 radical (unpaired) electrons. The molecule has 0 spiro atoms. The van der Waals surface area contributed by atoms with E-state index < -0.39 is 0 Å². The minimum atomic E-state index is 0. The van der Waals surface area contributed by atoms with Gasteiger partial charge in [0.2, 0.25) is 0 Å². The summed E-state index contributed by atoms with van der Waals surface area (Å²) in [5, 5.41) is 13.5. The minimum Gasteiger partial charge on any atom is -0.684 e. The quantitative estimate of drug-likeness (QED) is 0.546. The number of aliphatic hydroxyl groups is 1. The second-order valence-corrected chi connectivity index (χ2v) is 5.00. The fraction of sp³-hybridized carbons (Fsp3) is 0.529. The normalized spacial score (nSPS) is 13.9. The summed E-state index contributed by atoms with van der Waals surface area (Å²) in [6.45, 7) is 5.15. The molecule has 0 fully saturated rings. The fourth-order valence-corrected chi connectivity index (χ4v) is 1.94. The molecule has 0 saturated heterocycles. The van der Waals surface area contributed by atoms with Crippen molar-refractivity contribution < 1.29 is 22.2 Å². The predicted octanol–water partition coefficient (Wildman–Crippen LogP) is 5.88. The first kappa shape index (κ1) is 19.1. The standard InChI is InChI=1S/C10H14N.C7H12O.Mn/c1-2-3-9-11-10-7-5-4-6-8-10;1-6-4-2-3-5-7(6)8;/h4-8H,2-3,9H2,1H3;8H,2-5H2,1H3;/q-1;;. The van der Waals surface area contributed by atoms with Gasteiger partial charge in [0, 0.05) is 23.5 Å². The molecule has 0 saturated carbocycles. The van der Waals surface area contributed by atoms with Crippen molar-refractivity contribution in [3.8, 4) is 0 Å². The number of allylic oxidation sites excluding steroid dienone is 2. The van der Waals surface area contributed by atoms with Crippen LogP contribution in [0.25, 0.3) is 5.32 Å². The Morgan fingerprint density at radius 1 is 1.10 bits per heavy atom. The van der Waals surface area contributed by atoms with Crippen LogP contribution in [-0.4, -0.2) is 11.7 Å². The fourth-order valence-electron chi connectivity index (χ4n) is 1.94. The largest absolute Gasteiger partial charge is 0.684 e. The Hall–Kier alpha value is -0.921. The summed E-state index contributed by atoms with van der Waals surface area (Å²) in [6.07, 6.45) is 6.85. The van der Waals surface area contributed by atoms with Gasteiger partial charge >= 0.3 is 0 Å². The number of hydrogen-bond donors (Lipinski definition) is 1. The summed E-state index contributed by atoms with van der Waals surface area (Å²) in [5.74, 6) is 0.635. The van der Waals surface area contributed by atoms with Crippen LogP contribution in [0.1, 0.15) is 52.4 Å². The van der Waals surface area contributed by atoms with E-state index in [2.05, 4.69) is 12.2 Å². The maximum Gasteiger partial charge on any atom is 0.0911 e. The Labute approximate surface area is 134 Å². The van der Waals surface area contributed by atoms with Crippen molar-refractivity contribution in [1.29, 1.82) is 0 Å². The second-order valence-electron chi connectivity index (χ2n) is 5.00. The molecule has 0 unspecified atom stereocenters. The Balaban J connectivity index is 0.000000359. The molecule has 20 heavy (non-hydrogen) atoms. The number of nitrogens with zero attached hydrogens (tertiary/aromatic N) is 1. The Morgan fingerprint density at radius 2 is 1.75 bits per heavy atom. The van der Waals surface area contributed by atoms with Gasteiger partial charge in [-0.15, -0.1) is 12.2 Å². The predicted molar refractivity (Wildman–Crippen MR) is 83.0 cm³/mol. The van der Waals surface area contributed by atoms with Crippen molar-refractivity contribution in [1.82, 2.24) is 0 Å². The van der Waals surface area contributed by atoms with Gasteiger partial charge in [-0.3, -0.25) is 0 Å². The molecule has 0 heterocycles. The van der Waals surface area contributed by atoms with Crippen LogP contribution in [0, 0.1) is 0 Å². The van der Waals surface area contributed by atoms with E-state index in [1.807, 2.05) is 37.3 Å². The van der Waals surface area contributed by atoms with Crippen molar-refractivity contribution in [2.75, 3.05) is 6.54 Å². The van der Waals surface area contributed by atoms with Crippen LogP contribution < -0.4 is 0 Å². The molecule has 0 bridgehead atoms. The Bertz CT molecular complexity index is 362. The monoisotopic (exact) mass is 315 g/mol. The third kappa shape index (κ3) is 8.29. The second kappa shape index (κ2) is 11.9. The molecule has 0 atom stereocenters.